The fourth-order valence-corrected chi connectivity index (χ4v) is 5.23. The van der Waals surface area contributed by atoms with Gasteiger partial charge in [0.05, 0.1) is 18.3 Å². The maximum absolute atomic E-state index is 12.3. The van der Waals surface area contributed by atoms with Gasteiger partial charge < -0.3 is 24.8 Å². The number of nitrogens with one attached hydrogen (secondary N) is 2. The lowest BCUT2D eigenvalue weighted by atomic mass is 10.00. The summed E-state index contributed by atoms with van der Waals surface area (Å²) in [5.74, 6) is 0.732. The molecule has 4 aromatic rings. The van der Waals surface area contributed by atoms with Gasteiger partial charge in [-0.05, 0) is 98.4 Å². The molecule has 0 aliphatic carbocycles. The third kappa shape index (κ3) is 5.38. The topological polar surface area (TPSA) is 71.4 Å². The molecule has 200 valence electrons. The van der Waals surface area contributed by atoms with Crippen LogP contribution in [0.5, 0.6) is 5.75 Å². The van der Waals surface area contributed by atoms with Crippen LogP contribution in [0.1, 0.15) is 49.8 Å². The molecule has 1 amide bonds. The van der Waals surface area contributed by atoms with E-state index >= 15 is 0 Å². The molecule has 1 aliphatic rings. The van der Waals surface area contributed by atoms with E-state index in [0.29, 0.717) is 11.7 Å². The first kappa shape index (κ1) is 26.4. The average Bonchev–Trinajstić information content (AvgIpc) is 3.55. The van der Waals surface area contributed by atoms with Crippen molar-refractivity contribution in [2.75, 3.05) is 16.8 Å². The standard InChI is InChI=1S/C31H33N5O2S/c1-5-38-24-14-11-22(12-15-24)35-18-8-10-27(35)29-28(26-9-6-7-17-32-26)34-31(39)36(29)23-13-16-25(21(4)19-23)33-30(37)20(2)3/h6-20,28-29H,5H2,1-4H3,(H,33,37)(H,34,39). The van der Waals surface area contributed by atoms with Crippen molar-refractivity contribution in [2.24, 2.45) is 5.92 Å². The van der Waals surface area contributed by atoms with Crippen LogP contribution in [0.4, 0.5) is 11.4 Å². The number of aryl methyl sites for hydroxylation is 1. The summed E-state index contributed by atoms with van der Waals surface area (Å²) >= 11 is 5.93. The molecule has 0 bridgehead atoms. The van der Waals surface area contributed by atoms with Crippen LogP contribution in [0.3, 0.4) is 0 Å². The Labute approximate surface area is 234 Å². The number of rotatable bonds is 8. The SMILES string of the molecule is CCOc1ccc(-n2cccc2C2C(c3ccccn3)NC(=S)N2c2ccc(NC(=O)C(C)C)c(C)c2)cc1. The van der Waals surface area contributed by atoms with Gasteiger partial charge in [0, 0.05) is 41.1 Å². The Hall–Kier alpha value is -4.17. The van der Waals surface area contributed by atoms with Gasteiger partial charge in [-0.15, -0.1) is 0 Å². The second kappa shape index (κ2) is 11.3. The average molecular weight is 540 g/mol. The lowest BCUT2D eigenvalue weighted by Crippen LogP contribution is -2.30. The molecule has 7 nitrogen and oxygen atoms in total. The fraction of sp³-hybridized carbons (Fsp3) is 0.258. The summed E-state index contributed by atoms with van der Waals surface area (Å²) in [5.41, 5.74) is 5.70. The Morgan fingerprint density at radius 3 is 2.51 bits per heavy atom. The lowest BCUT2D eigenvalue weighted by Gasteiger charge is -2.29. The Morgan fingerprint density at radius 1 is 1.08 bits per heavy atom. The van der Waals surface area contributed by atoms with Crippen molar-refractivity contribution in [2.45, 2.75) is 39.8 Å². The summed E-state index contributed by atoms with van der Waals surface area (Å²) in [6.07, 6.45) is 3.87. The zero-order valence-corrected chi connectivity index (χ0v) is 23.4. The number of amides is 1. The van der Waals surface area contributed by atoms with Gasteiger partial charge in [-0.2, -0.15) is 0 Å². The molecular formula is C31H33N5O2S. The van der Waals surface area contributed by atoms with E-state index in [2.05, 4.69) is 61.6 Å². The second-order valence-corrected chi connectivity index (χ2v) is 10.3. The minimum Gasteiger partial charge on any atom is -0.494 e. The van der Waals surface area contributed by atoms with Crippen molar-refractivity contribution in [3.05, 3.63) is 102 Å². The molecular weight excluding hydrogens is 506 g/mol. The van der Waals surface area contributed by atoms with Gasteiger partial charge in [0.25, 0.3) is 0 Å². The monoisotopic (exact) mass is 539 g/mol. The summed E-state index contributed by atoms with van der Waals surface area (Å²) < 4.78 is 7.83. The van der Waals surface area contributed by atoms with Crippen molar-refractivity contribution in [1.82, 2.24) is 14.9 Å². The van der Waals surface area contributed by atoms with E-state index < -0.39 is 0 Å². The number of nitrogens with zero attached hydrogens (tertiary/aromatic N) is 3. The minimum absolute atomic E-state index is 0.00881. The highest BCUT2D eigenvalue weighted by atomic mass is 32.1. The molecule has 3 heterocycles. The van der Waals surface area contributed by atoms with Gasteiger partial charge in [-0.1, -0.05) is 19.9 Å². The molecule has 8 heteroatoms. The summed E-state index contributed by atoms with van der Waals surface area (Å²) in [5, 5.41) is 7.18. The number of thiocarbonyl (C=S) groups is 1. The van der Waals surface area contributed by atoms with Gasteiger partial charge in [0.2, 0.25) is 5.91 Å². The van der Waals surface area contributed by atoms with Crippen molar-refractivity contribution in [3.8, 4) is 11.4 Å². The number of anilines is 2. The van der Waals surface area contributed by atoms with Crippen LogP contribution < -0.4 is 20.3 Å². The van der Waals surface area contributed by atoms with Gasteiger partial charge in [-0.25, -0.2) is 0 Å². The Kier molecular flexibility index (Phi) is 7.65. The quantitative estimate of drug-likeness (QED) is 0.254. The van der Waals surface area contributed by atoms with E-state index in [9.17, 15) is 4.79 Å². The number of ether oxygens (including phenoxy) is 1. The maximum atomic E-state index is 12.3. The van der Waals surface area contributed by atoms with Crippen molar-refractivity contribution >= 4 is 34.6 Å². The fourth-order valence-electron chi connectivity index (χ4n) is 4.89. The van der Waals surface area contributed by atoms with E-state index in [1.54, 1.807) is 0 Å². The summed E-state index contributed by atoms with van der Waals surface area (Å²) in [6, 6.07) is 23.9. The van der Waals surface area contributed by atoms with E-state index in [-0.39, 0.29) is 23.9 Å². The summed E-state index contributed by atoms with van der Waals surface area (Å²) in [6.45, 7) is 8.37. The van der Waals surface area contributed by atoms with Gasteiger partial charge in [-0.3, -0.25) is 9.78 Å². The summed E-state index contributed by atoms with van der Waals surface area (Å²) in [4.78, 5) is 19.2. The first-order valence-electron chi connectivity index (χ1n) is 13.2. The van der Waals surface area contributed by atoms with Crippen molar-refractivity contribution in [3.63, 3.8) is 0 Å². The van der Waals surface area contributed by atoms with Crippen LogP contribution in [0.25, 0.3) is 5.69 Å². The predicted octanol–water partition coefficient (Wildman–Crippen LogP) is 6.35. The zero-order chi connectivity index (χ0) is 27.5. The highest BCUT2D eigenvalue weighted by molar-refractivity contribution is 7.80. The number of carbonyl (C=O) groups excluding carboxylic acids is 1. The third-order valence-corrected chi connectivity index (χ3v) is 7.19. The van der Waals surface area contributed by atoms with E-state index in [4.69, 9.17) is 17.0 Å². The van der Waals surface area contributed by atoms with Gasteiger partial charge in [0.1, 0.15) is 11.8 Å². The number of carbonyl (C=O) groups is 1. The molecule has 1 aliphatic heterocycles. The minimum atomic E-state index is -0.176. The maximum Gasteiger partial charge on any atom is 0.226 e. The molecule has 0 spiro atoms. The molecule has 1 fully saturated rings. The number of aromatic nitrogens is 2. The largest absolute Gasteiger partial charge is 0.494 e. The number of hydrogen-bond donors (Lipinski definition) is 2. The first-order chi connectivity index (χ1) is 18.9. The van der Waals surface area contributed by atoms with Crippen LogP contribution >= 0.6 is 12.2 Å². The summed E-state index contributed by atoms with van der Waals surface area (Å²) in [7, 11) is 0. The number of hydrogen-bond acceptors (Lipinski definition) is 4. The van der Waals surface area contributed by atoms with Crippen LogP contribution in [-0.2, 0) is 4.79 Å². The lowest BCUT2D eigenvalue weighted by molar-refractivity contribution is -0.118. The molecule has 5 rings (SSSR count). The highest BCUT2D eigenvalue weighted by Crippen LogP contribution is 2.43. The zero-order valence-electron chi connectivity index (χ0n) is 22.6. The first-order valence-corrected chi connectivity index (χ1v) is 13.6. The Balaban J connectivity index is 1.57. The van der Waals surface area contributed by atoms with Crippen LogP contribution in [0.15, 0.2) is 85.2 Å². The van der Waals surface area contributed by atoms with Gasteiger partial charge in [0.15, 0.2) is 5.11 Å². The molecule has 0 saturated carbocycles. The molecule has 2 aromatic heterocycles. The molecule has 2 aromatic carbocycles. The van der Waals surface area contributed by atoms with Crippen molar-refractivity contribution in [1.29, 1.82) is 0 Å². The van der Waals surface area contributed by atoms with E-state index in [0.717, 1.165) is 39.8 Å². The smallest absolute Gasteiger partial charge is 0.226 e. The Bertz CT molecular complexity index is 1470. The molecule has 2 N–H and O–H groups in total. The van der Waals surface area contributed by atoms with Crippen LogP contribution in [0.2, 0.25) is 0 Å². The molecule has 2 atom stereocenters. The number of benzene rings is 2. The third-order valence-electron chi connectivity index (χ3n) is 6.88. The van der Waals surface area contributed by atoms with Crippen LogP contribution in [-0.4, -0.2) is 27.2 Å². The Morgan fingerprint density at radius 2 is 1.85 bits per heavy atom. The van der Waals surface area contributed by atoms with Crippen molar-refractivity contribution < 1.29 is 9.53 Å². The highest BCUT2D eigenvalue weighted by Gasteiger charge is 2.42. The van der Waals surface area contributed by atoms with E-state index in [1.807, 2.05) is 76.4 Å². The molecule has 2 unspecified atom stereocenters. The normalized spacial score (nSPS) is 16.8. The number of pyridine rings is 1. The van der Waals surface area contributed by atoms with Crippen LogP contribution in [0, 0.1) is 12.8 Å². The predicted molar refractivity (Wildman–Crippen MR) is 160 cm³/mol. The molecule has 39 heavy (non-hydrogen) atoms. The van der Waals surface area contributed by atoms with Gasteiger partial charge >= 0.3 is 0 Å². The second-order valence-electron chi connectivity index (χ2n) is 9.87. The molecule has 0 radical (unpaired) electrons. The van der Waals surface area contributed by atoms with E-state index in [1.165, 1.54) is 0 Å². The molecule has 1 saturated heterocycles.